The van der Waals surface area contributed by atoms with Crippen LogP contribution in [0.25, 0.3) is 145 Å². The molecule has 0 saturated carbocycles. The zero-order valence-corrected chi connectivity index (χ0v) is 86.1. The van der Waals surface area contributed by atoms with E-state index in [0.717, 1.165) is 158 Å². The number of anilines is 6. The summed E-state index contributed by atoms with van der Waals surface area (Å²) in [7, 11) is 0. The molecule has 0 radical (unpaired) electrons. The monoisotopic (exact) mass is 2480 g/mol. The number of para-hydroxylation sites is 10. The van der Waals surface area contributed by atoms with Crippen LogP contribution in [-0.4, -0.2) is 86.9 Å². The maximum atomic E-state index is 6.39. The van der Waals surface area contributed by atoms with E-state index in [9.17, 15) is 0 Å². The van der Waals surface area contributed by atoms with Crippen LogP contribution in [0, 0.1) is 36.4 Å². The summed E-state index contributed by atoms with van der Waals surface area (Å²) in [5.41, 5.74) is 16.8. The zero-order chi connectivity index (χ0) is 97.5. The van der Waals surface area contributed by atoms with E-state index < -0.39 is 0 Å². The molecule has 23 nitrogen and oxygen atoms in total. The summed E-state index contributed by atoms with van der Waals surface area (Å²) < 4.78 is 39.1. The molecule has 0 spiro atoms. The fraction of sp³-hybridized carbons (Fsp3) is 0. The van der Waals surface area contributed by atoms with Crippen LogP contribution in [0.4, 0.5) is 34.4 Å². The molecule has 0 aliphatic carbocycles. The Labute approximate surface area is 903 Å². The van der Waals surface area contributed by atoms with Gasteiger partial charge in [-0.15, -0.1) is 109 Å². The smallest absolute Gasteiger partial charge is 0.509 e. The van der Waals surface area contributed by atoms with Gasteiger partial charge in [-0.25, -0.2) is 38.1 Å². The summed E-state index contributed by atoms with van der Waals surface area (Å²) in [6.07, 6.45) is 14.4. The molecule has 0 atom stereocenters. The van der Waals surface area contributed by atoms with Gasteiger partial charge in [0.05, 0.1) is 70.3 Å². The van der Waals surface area contributed by atoms with Crippen molar-refractivity contribution in [2.24, 2.45) is 0 Å². The van der Waals surface area contributed by atoms with E-state index in [-0.39, 0.29) is 63.2 Å². The molecule has 724 valence electrons. The number of ether oxygens (including phenoxy) is 3. The Hall–Kier alpha value is -18.7. The predicted octanol–water partition coefficient (Wildman–Crippen LogP) is 28.5. The molecule has 0 saturated heterocycles. The first-order chi connectivity index (χ1) is 72.9. The van der Waals surface area contributed by atoms with Crippen LogP contribution >= 0.6 is 0 Å². The van der Waals surface area contributed by atoms with Crippen LogP contribution in [0.3, 0.4) is 0 Å². The summed E-state index contributed by atoms with van der Waals surface area (Å²) in [6.45, 7) is 0. The van der Waals surface area contributed by atoms with Crippen LogP contribution in [0.15, 0.2) is 486 Å². The van der Waals surface area contributed by atoms with Gasteiger partial charge in [0.1, 0.15) is 46.2 Å². The number of rotatable bonds is 22. The molecular formula is C124H80N20O3Pt3. The number of aromatic nitrogens is 18. The van der Waals surface area contributed by atoms with Gasteiger partial charge in [-0.1, -0.05) is 182 Å². The first-order valence-corrected chi connectivity index (χ1v) is 47.9. The molecular weight excluding hydrogens is 2400 g/mol. The van der Waals surface area contributed by atoms with Crippen LogP contribution in [0.5, 0.6) is 34.5 Å². The quantitative estimate of drug-likeness (QED) is 0.0584. The minimum Gasteiger partial charge on any atom is -0.509 e. The maximum Gasteiger partial charge on any atom is 2.00 e. The molecule has 28 aromatic rings. The maximum absolute atomic E-state index is 6.39. The molecule has 26 heteroatoms. The fourth-order valence-electron chi connectivity index (χ4n) is 19.5. The second kappa shape index (κ2) is 41.8. The van der Waals surface area contributed by atoms with Gasteiger partial charge in [0.2, 0.25) is 0 Å². The SMILES string of the molecule is [Pt+2].[Pt+2].[Pt+2].[c-]1c(Oc2[c-]c(-n3nccc3-n3c4ccccc4c4ccccc43)ccc2)cccc1-n1nccc1-n1c2ccccc2c2ccccc21.[c-]1c(Oc2[c-]c(-n3nccc3-n3c4ccccc4c4cccnc43)ccc2)cccc1-n1nccc1-n1c2ccccc2c2cccnc21.[c-]1c(Oc2[c-]c(-n3nccc3N(c3ccccc3)c3ccccc3)ccc2)cccc1-n1nccc1N(c1ccccc1)c1ccccc1. The van der Waals surface area contributed by atoms with Crippen molar-refractivity contribution in [3.05, 3.63) is 523 Å². The van der Waals surface area contributed by atoms with Crippen molar-refractivity contribution in [1.29, 1.82) is 0 Å². The van der Waals surface area contributed by atoms with Gasteiger partial charge in [-0.3, -0.25) is 28.1 Å². The molecule has 0 fully saturated rings. The molecule has 0 N–H and O–H groups in total. The molecule has 0 aliphatic heterocycles. The van der Waals surface area contributed by atoms with Gasteiger partial charge >= 0.3 is 63.2 Å². The van der Waals surface area contributed by atoms with Crippen LogP contribution < -0.4 is 24.0 Å². The van der Waals surface area contributed by atoms with Crippen molar-refractivity contribution >= 4 is 122 Å². The third-order valence-corrected chi connectivity index (χ3v) is 25.7. The van der Waals surface area contributed by atoms with Crippen molar-refractivity contribution in [1.82, 2.24) is 86.9 Å². The number of fused-ring (bicyclic) bond motifs is 12. The van der Waals surface area contributed by atoms with Gasteiger partial charge in [0.15, 0.2) is 0 Å². The van der Waals surface area contributed by atoms with Crippen molar-refractivity contribution in [3.8, 4) is 91.9 Å². The van der Waals surface area contributed by atoms with E-state index in [1.54, 1.807) is 24.8 Å². The van der Waals surface area contributed by atoms with E-state index in [1.165, 1.54) is 21.5 Å². The molecule has 0 amide bonds. The Morgan fingerprint density at radius 3 is 0.647 bits per heavy atom. The molecule has 12 aromatic heterocycles. The number of pyridine rings is 2. The van der Waals surface area contributed by atoms with E-state index in [1.807, 2.05) is 308 Å². The predicted molar refractivity (Wildman–Crippen MR) is 577 cm³/mol. The van der Waals surface area contributed by atoms with E-state index in [0.29, 0.717) is 34.5 Å². The third-order valence-electron chi connectivity index (χ3n) is 25.7. The first-order valence-electron chi connectivity index (χ1n) is 47.9. The van der Waals surface area contributed by atoms with Gasteiger partial charge in [0.25, 0.3) is 0 Å². The summed E-state index contributed by atoms with van der Waals surface area (Å²) in [4.78, 5) is 13.8. The Kier molecular flexibility index (Phi) is 26.5. The molecule has 16 aromatic carbocycles. The zero-order valence-electron chi connectivity index (χ0n) is 79.3. The average molecular weight is 2480 g/mol. The molecule has 150 heavy (non-hydrogen) atoms. The molecule has 0 unspecified atom stereocenters. The minimum atomic E-state index is 0. The molecule has 12 heterocycles. The van der Waals surface area contributed by atoms with Crippen molar-refractivity contribution in [3.63, 3.8) is 0 Å². The average Bonchev–Trinajstić information content (AvgIpc) is 1.59. The number of hydrogen-bond donors (Lipinski definition) is 0. The van der Waals surface area contributed by atoms with Crippen LogP contribution in [0.2, 0.25) is 0 Å². The topological polar surface area (TPSA) is 187 Å². The van der Waals surface area contributed by atoms with Crippen molar-refractivity contribution in [2.45, 2.75) is 0 Å². The summed E-state index contributed by atoms with van der Waals surface area (Å²) in [5, 5.41) is 37.4. The first kappa shape index (κ1) is 94.9. The van der Waals surface area contributed by atoms with E-state index in [2.05, 4.69) is 257 Å². The largest absolute Gasteiger partial charge is 2.00 e. The van der Waals surface area contributed by atoms with Crippen LogP contribution in [-0.2, 0) is 63.2 Å². The Balaban J connectivity index is 0.000000122. The second-order valence-corrected chi connectivity index (χ2v) is 34.5. The standard InChI is InChI=1S/C42H26N6O.C42H30N6O.C40H24N8O.3Pt/c1-5-19-37-33(15-1)34-16-2-6-20-38(34)45(37)41-23-25-43-47(41)29-11-9-13-31(27-29)49-32-14-10-12-30(28-32)48-42(24-26-44-48)46-39-21-7-3-17-35(39)36-18-4-8-22-40(36)46;1-5-15-33(16-6-1)45(34-17-7-2-8-18-34)41-27-29-43-47(41)37-23-13-25-39(31-37)49-40-26-14-24-38(32-40)48-42(28-30-44-48)46(35-19-9-3-10-20-35)36-21-11-4-12-22-36;1-3-17-35-31(13-1)33-15-7-21-41-39(33)45(35)37-19-23-43-47(37)27-9-5-11-29(25-27)49-30-12-6-10-28(26-30)48-38(20-24-44-48)46-36-18-4-2-14-32(36)34-16-8-22-42-40(34)46;;;/h1-26H;1-30H;1-24H;;;/q3*-2;3*+2. The van der Waals surface area contributed by atoms with E-state index in [4.69, 9.17) is 44.6 Å². The summed E-state index contributed by atoms with van der Waals surface area (Å²) in [5.74, 6) is 8.49. The van der Waals surface area contributed by atoms with E-state index >= 15 is 0 Å². The Morgan fingerprint density at radius 2 is 0.380 bits per heavy atom. The van der Waals surface area contributed by atoms with Gasteiger partial charge in [-0.2, -0.15) is 67.0 Å². The van der Waals surface area contributed by atoms with Crippen molar-refractivity contribution in [2.75, 3.05) is 9.80 Å². The van der Waals surface area contributed by atoms with Crippen LogP contribution in [0.1, 0.15) is 0 Å². The molecule has 28 rings (SSSR count). The Bertz CT molecular complexity index is 8480. The number of nitrogens with zero attached hydrogens (tertiary/aromatic N) is 20. The number of hydrogen-bond acceptors (Lipinski definition) is 13. The fourth-order valence-corrected chi connectivity index (χ4v) is 19.5. The second-order valence-electron chi connectivity index (χ2n) is 34.5. The van der Waals surface area contributed by atoms with Gasteiger partial charge < -0.3 is 14.2 Å². The molecule has 0 aliphatic rings. The van der Waals surface area contributed by atoms with Gasteiger partial charge in [-0.05, 0) is 143 Å². The molecule has 0 bridgehead atoms. The summed E-state index contributed by atoms with van der Waals surface area (Å²) >= 11 is 0. The van der Waals surface area contributed by atoms with Gasteiger partial charge in [0, 0.05) is 149 Å². The normalized spacial score (nSPS) is 11.2. The summed E-state index contributed by atoms with van der Waals surface area (Å²) in [6, 6.07) is 167. The Morgan fingerprint density at radius 1 is 0.173 bits per heavy atom. The number of benzene rings is 16. The minimum absolute atomic E-state index is 0. The third kappa shape index (κ3) is 17.9. The van der Waals surface area contributed by atoms with Crippen molar-refractivity contribution < 1.29 is 77.4 Å².